The van der Waals surface area contributed by atoms with Gasteiger partial charge < -0.3 is 9.84 Å². The van der Waals surface area contributed by atoms with Crippen molar-refractivity contribution in [2.24, 2.45) is 0 Å². The minimum absolute atomic E-state index is 0.0734. The highest BCUT2D eigenvalue weighted by atomic mass is 32.2. The monoisotopic (exact) mass is 321 g/mol. The summed E-state index contributed by atoms with van der Waals surface area (Å²) in [7, 11) is -3.90. The topological polar surface area (TPSA) is 101 Å². The van der Waals surface area contributed by atoms with Crippen molar-refractivity contribution >= 4 is 33.3 Å². The molecule has 0 bridgehead atoms. The second-order valence-electron chi connectivity index (χ2n) is 3.69. The third-order valence-electron chi connectivity index (χ3n) is 2.39. The van der Waals surface area contributed by atoms with Gasteiger partial charge in [-0.15, -0.1) is 11.3 Å². The van der Waals surface area contributed by atoms with E-state index in [0.29, 0.717) is 0 Å². The summed E-state index contributed by atoms with van der Waals surface area (Å²) in [5.41, 5.74) is 0. The number of nitrogens with zero attached hydrogens (tertiary/aromatic N) is 1. The molecule has 0 unspecified atom stereocenters. The zero-order chi connectivity index (χ0) is 15.3. The van der Waals surface area contributed by atoms with E-state index >= 15 is 0 Å². The molecule has 9 heteroatoms. The van der Waals surface area contributed by atoms with Crippen LogP contribution in [0.2, 0.25) is 0 Å². The summed E-state index contributed by atoms with van der Waals surface area (Å²) >= 11 is 0.820. The normalized spacial score (nSPS) is 11.6. The molecular formula is C11H15NO6S2. The number of sulfonamides is 1. The molecule has 1 rings (SSSR count). The lowest BCUT2D eigenvalue weighted by Crippen LogP contribution is -2.36. The Balaban J connectivity index is 2.99. The van der Waals surface area contributed by atoms with Gasteiger partial charge in [-0.25, -0.2) is 13.2 Å². The van der Waals surface area contributed by atoms with Gasteiger partial charge in [-0.05, 0) is 13.0 Å². The molecule has 7 nitrogen and oxygen atoms in total. The van der Waals surface area contributed by atoms with Crippen LogP contribution in [0, 0.1) is 0 Å². The molecular weight excluding hydrogens is 306 g/mol. The molecule has 0 saturated heterocycles. The molecule has 20 heavy (non-hydrogen) atoms. The molecule has 0 spiro atoms. The third-order valence-corrected chi connectivity index (χ3v) is 5.35. The summed E-state index contributed by atoms with van der Waals surface area (Å²) in [6.07, 6.45) is 0. The minimum atomic E-state index is -3.90. The summed E-state index contributed by atoms with van der Waals surface area (Å²) in [5.74, 6) is -1.84. The van der Waals surface area contributed by atoms with Gasteiger partial charge in [0.2, 0.25) is 10.0 Å². The Morgan fingerprint density at radius 1 is 1.40 bits per heavy atom. The highest BCUT2D eigenvalue weighted by molar-refractivity contribution is 7.89. The maximum absolute atomic E-state index is 12.3. The summed E-state index contributed by atoms with van der Waals surface area (Å²) in [6.45, 7) is 3.06. The van der Waals surface area contributed by atoms with Gasteiger partial charge in [-0.1, -0.05) is 6.92 Å². The van der Waals surface area contributed by atoms with E-state index in [4.69, 9.17) is 9.84 Å². The zero-order valence-electron chi connectivity index (χ0n) is 11.0. The molecule has 1 aromatic rings. The molecule has 0 radical (unpaired) electrons. The highest BCUT2D eigenvalue weighted by Gasteiger charge is 2.27. The predicted molar refractivity (Wildman–Crippen MR) is 72.3 cm³/mol. The van der Waals surface area contributed by atoms with E-state index < -0.39 is 28.5 Å². The second kappa shape index (κ2) is 6.82. The molecule has 112 valence electrons. The fourth-order valence-electron chi connectivity index (χ4n) is 1.43. The molecule has 1 N–H and O–H groups in total. The Hall–Kier alpha value is -1.45. The lowest BCUT2D eigenvalue weighted by atomic mass is 10.5. The summed E-state index contributed by atoms with van der Waals surface area (Å²) in [6, 6.07) is 1.08. The first-order valence-electron chi connectivity index (χ1n) is 5.80. The van der Waals surface area contributed by atoms with E-state index in [9.17, 15) is 18.0 Å². The van der Waals surface area contributed by atoms with Gasteiger partial charge in [0.25, 0.3) is 0 Å². The van der Waals surface area contributed by atoms with Crippen molar-refractivity contribution in [3.05, 3.63) is 16.3 Å². The molecule has 0 aliphatic heterocycles. The second-order valence-corrected chi connectivity index (χ2v) is 6.54. The van der Waals surface area contributed by atoms with E-state index in [0.717, 1.165) is 21.7 Å². The number of hydrogen-bond acceptors (Lipinski definition) is 6. The molecule has 1 aromatic heterocycles. The molecule has 1 heterocycles. The van der Waals surface area contributed by atoms with Crippen LogP contribution in [0.1, 0.15) is 23.5 Å². The van der Waals surface area contributed by atoms with Crippen LogP contribution in [-0.2, 0) is 19.6 Å². The maximum atomic E-state index is 12.3. The lowest BCUT2D eigenvalue weighted by Gasteiger charge is -2.18. The average Bonchev–Trinajstić information content (AvgIpc) is 2.86. The number of carboxylic acid groups (broad SMARTS) is 1. The number of esters is 1. The smallest absolute Gasteiger partial charge is 0.345 e. The van der Waals surface area contributed by atoms with Crippen molar-refractivity contribution in [1.82, 2.24) is 4.31 Å². The number of carbonyl (C=O) groups is 2. The van der Waals surface area contributed by atoms with Gasteiger partial charge in [0.15, 0.2) is 0 Å². The van der Waals surface area contributed by atoms with Crippen molar-refractivity contribution < 1.29 is 27.9 Å². The standard InChI is InChI=1S/C11H15NO6S2/c1-3-12(6-10(13)18-4-2)20(16,17)8-5-9(11(14)15)19-7-8/h5,7H,3-4,6H2,1-2H3,(H,14,15). The average molecular weight is 321 g/mol. The first-order chi connectivity index (χ1) is 9.32. The molecule has 0 saturated carbocycles. The van der Waals surface area contributed by atoms with Crippen LogP contribution in [0.5, 0.6) is 0 Å². The van der Waals surface area contributed by atoms with Crippen LogP contribution in [0.15, 0.2) is 16.3 Å². The van der Waals surface area contributed by atoms with E-state index in [1.54, 1.807) is 13.8 Å². The summed E-state index contributed by atoms with van der Waals surface area (Å²) < 4.78 is 30.2. The number of carboxylic acids is 1. The lowest BCUT2D eigenvalue weighted by molar-refractivity contribution is -0.143. The fraction of sp³-hybridized carbons (Fsp3) is 0.455. The van der Waals surface area contributed by atoms with Crippen molar-refractivity contribution in [3.63, 3.8) is 0 Å². The Bertz CT molecular complexity index is 592. The van der Waals surface area contributed by atoms with Gasteiger partial charge in [0, 0.05) is 11.9 Å². The van der Waals surface area contributed by atoms with Crippen LogP contribution in [-0.4, -0.2) is 49.5 Å². The van der Waals surface area contributed by atoms with Crippen molar-refractivity contribution in [2.75, 3.05) is 19.7 Å². The molecule has 0 aliphatic carbocycles. The number of hydrogen-bond donors (Lipinski definition) is 1. The van der Waals surface area contributed by atoms with Crippen molar-refractivity contribution in [3.8, 4) is 0 Å². The molecule has 0 amide bonds. The predicted octanol–water partition coefficient (Wildman–Crippen LogP) is 1.02. The highest BCUT2D eigenvalue weighted by Crippen LogP contribution is 2.22. The van der Waals surface area contributed by atoms with Crippen molar-refractivity contribution in [1.29, 1.82) is 0 Å². The van der Waals surface area contributed by atoms with E-state index in [-0.39, 0.29) is 22.9 Å². The Morgan fingerprint density at radius 2 is 2.05 bits per heavy atom. The SMILES string of the molecule is CCOC(=O)CN(CC)S(=O)(=O)c1csc(C(=O)O)c1. The first-order valence-corrected chi connectivity index (χ1v) is 8.12. The maximum Gasteiger partial charge on any atom is 0.345 e. The van der Waals surface area contributed by atoms with E-state index in [1.165, 1.54) is 5.38 Å². The Morgan fingerprint density at radius 3 is 2.50 bits per heavy atom. The molecule has 0 aromatic carbocycles. The Kier molecular flexibility index (Phi) is 5.66. The number of rotatable bonds is 7. The molecule has 0 aliphatic rings. The summed E-state index contributed by atoms with van der Waals surface area (Å²) in [5, 5.41) is 10.0. The minimum Gasteiger partial charge on any atom is -0.477 e. The number of aromatic carboxylic acids is 1. The van der Waals surface area contributed by atoms with Gasteiger partial charge >= 0.3 is 11.9 Å². The largest absolute Gasteiger partial charge is 0.477 e. The number of ether oxygens (including phenoxy) is 1. The van der Waals surface area contributed by atoms with Crippen LogP contribution in [0.3, 0.4) is 0 Å². The first kappa shape index (κ1) is 16.6. The summed E-state index contributed by atoms with van der Waals surface area (Å²) in [4.78, 5) is 21.9. The zero-order valence-corrected chi connectivity index (χ0v) is 12.7. The number of likely N-dealkylation sites (N-methyl/N-ethyl adjacent to an activating group) is 1. The van der Waals surface area contributed by atoms with Crippen LogP contribution in [0.25, 0.3) is 0 Å². The fourth-order valence-corrected chi connectivity index (χ4v) is 3.93. The number of thiophene rings is 1. The van der Waals surface area contributed by atoms with Gasteiger partial charge in [-0.2, -0.15) is 4.31 Å². The van der Waals surface area contributed by atoms with E-state index in [1.807, 2.05) is 0 Å². The third kappa shape index (κ3) is 3.78. The van der Waals surface area contributed by atoms with Crippen LogP contribution in [0.4, 0.5) is 0 Å². The molecule has 0 fully saturated rings. The van der Waals surface area contributed by atoms with Crippen LogP contribution >= 0.6 is 11.3 Å². The van der Waals surface area contributed by atoms with Gasteiger partial charge in [0.1, 0.15) is 11.4 Å². The van der Waals surface area contributed by atoms with Gasteiger partial charge in [-0.3, -0.25) is 4.79 Å². The molecule has 0 atom stereocenters. The Labute approximate surface area is 120 Å². The quantitative estimate of drug-likeness (QED) is 0.752. The number of carbonyl (C=O) groups excluding carboxylic acids is 1. The van der Waals surface area contributed by atoms with Gasteiger partial charge in [0.05, 0.1) is 11.5 Å². The van der Waals surface area contributed by atoms with Crippen LogP contribution < -0.4 is 0 Å². The van der Waals surface area contributed by atoms with E-state index in [2.05, 4.69) is 0 Å². The van der Waals surface area contributed by atoms with Crippen molar-refractivity contribution in [2.45, 2.75) is 18.7 Å².